The van der Waals surface area contributed by atoms with Crippen molar-refractivity contribution in [3.05, 3.63) is 45.2 Å². The summed E-state index contributed by atoms with van der Waals surface area (Å²) in [4.78, 5) is 7.07. The first-order valence-electron chi connectivity index (χ1n) is 7.24. The molecular weight excluding hydrogens is 298 g/mol. The zero-order valence-electron chi connectivity index (χ0n) is 12.3. The van der Waals surface area contributed by atoms with E-state index in [1.165, 1.54) is 35.4 Å². The Morgan fingerprint density at radius 3 is 2.81 bits per heavy atom. The maximum atomic E-state index is 5.39. The summed E-state index contributed by atoms with van der Waals surface area (Å²) in [5.74, 6) is 0. The molecule has 0 amide bonds. The first kappa shape index (κ1) is 14.5. The third kappa shape index (κ3) is 3.09. The minimum atomic E-state index is 0.526. The second-order valence-corrected chi connectivity index (χ2v) is 6.83. The SMILES string of the molecule is Cc1ccccc1NC(=S)/N=c1\sc2c(n1C)CCCC2. The summed E-state index contributed by atoms with van der Waals surface area (Å²) in [6.45, 7) is 2.06. The van der Waals surface area contributed by atoms with Crippen LogP contribution in [0.3, 0.4) is 0 Å². The highest BCUT2D eigenvalue weighted by atomic mass is 32.1. The zero-order chi connectivity index (χ0) is 14.8. The topological polar surface area (TPSA) is 29.3 Å². The van der Waals surface area contributed by atoms with Crippen LogP contribution in [0.15, 0.2) is 29.3 Å². The molecular formula is C16H19N3S2. The molecule has 0 spiro atoms. The number of nitrogens with zero attached hydrogens (tertiary/aromatic N) is 2. The van der Waals surface area contributed by atoms with E-state index in [2.05, 4.69) is 34.9 Å². The number of rotatable bonds is 1. The lowest BCUT2D eigenvalue weighted by Gasteiger charge is -2.11. The molecule has 0 atom stereocenters. The van der Waals surface area contributed by atoms with Gasteiger partial charge >= 0.3 is 0 Å². The van der Waals surface area contributed by atoms with Crippen LogP contribution < -0.4 is 10.1 Å². The lowest BCUT2D eigenvalue weighted by molar-refractivity contribution is 0.644. The predicted octanol–water partition coefficient (Wildman–Crippen LogP) is 3.57. The van der Waals surface area contributed by atoms with E-state index in [1.807, 2.05) is 18.2 Å². The van der Waals surface area contributed by atoms with Gasteiger partial charge < -0.3 is 9.88 Å². The van der Waals surface area contributed by atoms with Crippen molar-refractivity contribution in [3.8, 4) is 0 Å². The van der Waals surface area contributed by atoms with E-state index in [4.69, 9.17) is 12.2 Å². The number of hydrogen-bond acceptors (Lipinski definition) is 2. The van der Waals surface area contributed by atoms with E-state index in [9.17, 15) is 0 Å². The van der Waals surface area contributed by atoms with Gasteiger partial charge in [0.25, 0.3) is 0 Å². The average Bonchev–Trinajstić information content (AvgIpc) is 2.78. The van der Waals surface area contributed by atoms with Gasteiger partial charge in [-0.05, 0) is 56.5 Å². The molecule has 0 fully saturated rings. The van der Waals surface area contributed by atoms with Gasteiger partial charge in [0.05, 0.1) is 0 Å². The fraction of sp³-hybridized carbons (Fsp3) is 0.375. The lowest BCUT2D eigenvalue weighted by Crippen LogP contribution is -2.18. The summed E-state index contributed by atoms with van der Waals surface area (Å²) in [5.41, 5.74) is 3.63. The number of fused-ring (bicyclic) bond motifs is 1. The Kier molecular flexibility index (Phi) is 4.22. The van der Waals surface area contributed by atoms with Crippen molar-refractivity contribution >= 4 is 34.4 Å². The van der Waals surface area contributed by atoms with E-state index in [1.54, 1.807) is 11.3 Å². The molecule has 3 nitrogen and oxygen atoms in total. The van der Waals surface area contributed by atoms with Crippen molar-refractivity contribution in [2.45, 2.75) is 32.6 Å². The van der Waals surface area contributed by atoms with Gasteiger partial charge in [0.1, 0.15) is 0 Å². The van der Waals surface area contributed by atoms with Gasteiger partial charge in [-0.15, -0.1) is 11.3 Å². The molecule has 5 heteroatoms. The highest BCUT2D eigenvalue weighted by molar-refractivity contribution is 7.80. The van der Waals surface area contributed by atoms with Crippen LogP contribution in [0, 0.1) is 6.92 Å². The van der Waals surface area contributed by atoms with Gasteiger partial charge in [-0.2, -0.15) is 4.99 Å². The van der Waals surface area contributed by atoms with Crippen molar-refractivity contribution in [3.63, 3.8) is 0 Å². The highest BCUT2D eigenvalue weighted by Gasteiger charge is 2.15. The predicted molar refractivity (Wildman–Crippen MR) is 92.9 cm³/mol. The van der Waals surface area contributed by atoms with Crippen LogP contribution in [0.1, 0.15) is 29.0 Å². The van der Waals surface area contributed by atoms with Gasteiger partial charge in [0.2, 0.25) is 0 Å². The van der Waals surface area contributed by atoms with Gasteiger partial charge in [-0.25, -0.2) is 0 Å². The number of nitrogens with one attached hydrogen (secondary N) is 1. The monoisotopic (exact) mass is 317 g/mol. The van der Waals surface area contributed by atoms with E-state index < -0.39 is 0 Å². The van der Waals surface area contributed by atoms with Crippen molar-refractivity contribution in [1.29, 1.82) is 0 Å². The first-order valence-corrected chi connectivity index (χ1v) is 8.46. The summed E-state index contributed by atoms with van der Waals surface area (Å²) in [5, 5.41) is 3.75. The number of thiocarbonyl (C=S) groups is 1. The molecule has 1 aromatic heterocycles. The number of aromatic nitrogens is 1. The third-order valence-electron chi connectivity index (χ3n) is 3.88. The molecule has 0 unspecified atom stereocenters. The van der Waals surface area contributed by atoms with E-state index in [-0.39, 0.29) is 0 Å². The zero-order valence-corrected chi connectivity index (χ0v) is 14.0. The van der Waals surface area contributed by atoms with E-state index in [0.717, 1.165) is 16.9 Å². The number of aryl methyl sites for hydroxylation is 2. The van der Waals surface area contributed by atoms with E-state index in [0.29, 0.717) is 5.11 Å². The van der Waals surface area contributed by atoms with Gasteiger partial charge in [-0.1, -0.05) is 18.2 Å². The molecule has 0 bridgehead atoms. The Labute approximate surface area is 134 Å². The molecule has 1 aromatic carbocycles. The van der Waals surface area contributed by atoms with Crippen molar-refractivity contribution < 1.29 is 0 Å². The number of anilines is 1. The maximum Gasteiger partial charge on any atom is 0.199 e. The molecule has 0 saturated heterocycles. The second kappa shape index (κ2) is 6.12. The quantitative estimate of drug-likeness (QED) is 0.815. The maximum absolute atomic E-state index is 5.39. The standard InChI is InChI=1S/C16H19N3S2/c1-11-7-3-4-8-12(11)17-15(20)18-16-19(2)13-9-5-6-10-14(13)21-16/h3-4,7-8H,5-6,9-10H2,1-2H3,(H,17,20)/b18-16-. The van der Waals surface area contributed by atoms with Gasteiger partial charge in [0.15, 0.2) is 9.91 Å². The Morgan fingerprint density at radius 2 is 2.05 bits per heavy atom. The largest absolute Gasteiger partial charge is 0.331 e. The van der Waals surface area contributed by atoms with Crippen LogP contribution in [0.25, 0.3) is 0 Å². The molecule has 0 radical (unpaired) electrons. The molecule has 1 heterocycles. The van der Waals surface area contributed by atoms with Crippen LogP contribution in [-0.2, 0) is 19.9 Å². The Bertz CT molecular complexity index is 740. The van der Waals surface area contributed by atoms with Gasteiger partial charge in [0, 0.05) is 23.3 Å². The minimum Gasteiger partial charge on any atom is -0.331 e. The molecule has 3 rings (SSSR count). The molecule has 21 heavy (non-hydrogen) atoms. The van der Waals surface area contributed by atoms with Crippen molar-refractivity contribution in [2.75, 3.05) is 5.32 Å². The second-order valence-electron chi connectivity index (χ2n) is 5.38. The van der Waals surface area contributed by atoms with Crippen LogP contribution in [0.2, 0.25) is 0 Å². The molecule has 2 aromatic rings. The van der Waals surface area contributed by atoms with Crippen LogP contribution >= 0.6 is 23.6 Å². The molecule has 1 aliphatic rings. The molecule has 0 aliphatic heterocycles. The fourth-order valence-corrected chi connectivity index (χ4v) is 4.12. The number of hydrogen-bond donors (Lipinski definition) is 1. The summed E-state index contributed by atoms with van der Waals surface area (Å²) < 4.78 is 2.20. The van der Waals surface area contributed by atoms with Gasteiger partial charge in [-0.3, -0.25) is 0 Å². The fourth-order valence-electron chi connectivity index (χ4n) is 2.66. The van der Waals surface area contributed by atoms with Crippen LogP contribution in [-0.4, -0.2) is 9.68 Å². The van der Waals surface area contributed by atoms with Crippen LogP contribution in [0.4, 0.5) is 5.69 Å². The minimum absolute atomic E-state index is 0.526. The van der Waals surface area contributed by atoms with Crippen LogP contribution in [0.5, 0.6) is 0 Å². The highest BCUT2D eigenvalue weighted by Crippen LogP contribution is 2.22. The van der Waals surface area contributed by atoms with Crippen molar-refractivity contribution in [1.82, 2.24) is 4.57 Å². The first-order chi connectivity index (χ1) is 10.1. The number of thiazole rings is 1. The third-order valence-corrected chi connectivity index (χ3v) is 5.31. The summed E-state index contributed by atoms with van der Waals surface area (Å²) in [7, 11) is 2.09. The molecule has 0 saturated carbocycles. The number of para-hydroxylation sites is 1. The normalized spacial score (nSPS) is 14.9. The van der Waals surface area contributed by atoms with E-state index >= 15 is 0 Å². The lowest BCUT2D eigenvalue weighted by atomic mass is 10.0. The van der Waals surface area contributed by atoms with Crippen molar-refractivity contribution in [2.24, 2.45) is 12.0 Å². The molecule has 110 valence electrons. The number of benzene rings is 1. The smallest absolute Gasteiger partial charge is 0.199 e. The Morgan fingerprint density at radius 1 is 1.29 bits per heavy atom. The summed E-state index contributed by atoms with van der Waals surface area (Å²) in [6.07, 6.45) is 4.92. The molecule has 1 N–H and O–H groups in total. The molecule has 1 aliphatic carbocycles. The summed E-state index contributed by atoms with van der Waals surface area (Å²) in [6, 6.07) is 8.11. The Balaban J connectivity index is 1.87. The summed E-state index contributed by atoms with van der Waals surface area (Å²) >= 11 is 7.17. The average molecular weight is 317 g/mol. The Hall–Kier alpha value is -1.46.